The average Bonchev–Trinajstić information content (AvgIpc) is 2.95. The molecule has 0 saturated heterocycles. The number of anilines is 1. The number of rotatable bonds is 3. The van der Waals surface area contributed by atoms with Crippen LogP contribution in [0.2, 0.25) is 0 Å². The summed E-state index contributed by atoms with van der Waals surface area (Å²) in [5.41, 5.74) is 6.60. The molecule has 21 heavy (non-hydrogen) atoms. The van der Waals surface area contributed by atoms with Crippen LogP contribution in [0, 0.1) is 22.0 Å². The van der Waals surface area contributed by atoms with E-state index in [-0.39, 0.29) is 16.4 Å². The molecule has 0 aliphatic rings. The number of nitro groups is 1. The molecular weight excluding hydrogens is 290 g/mol. The molecule has 0 saturated carbocycles. The van der Waals surface area contributed by atoms with E-state index in [0.717, 1.165) is 16.9 Å². The zero-order valence-electron chi connectivity index (χ0n) is 10.8. The number of hydrogen-bond donors (Lipinski definition) is 2. The van der Waals surface area contributed by atoms with Gasteiger partial charge in [0.15, 0.2) is 0 Å². The van der Waals surface area contributed by atoms with Gasteiger partial charge in [0.1, 0.15) is 0 Å². The van der Waals surface area contributed by atoms with Crippen LogP contribution in [0.4, 0.5) is 10.7 Å². The van der Waals surface area contributed by atoms with Gasteiger partial charge in [0.25, 0.3) is 5.91 Å². The first kappa shape index (κ1) is 14.7. The quantitative estimate of drug-likeness (QED) is 0.516. The van der Waals surface area contributed by atoms with E-state index in [1.165, 1.54) is 12.1 Å². The lowest BCUT2D eigenvalue weighted by Gasteiger charge is -2.03. The van der Waals surface area contributed by atoms with Crippen molar-refractivity contribution in [3.05, 3.63) is 57.0 Å². The molecule has 2 aromatic rings. The van der Waals surface area contributed by atoms with E-state index in [1.807, 2.05) is 0 Å². The van der Waals surface area contributed by atoms with Gasteiger partial charge >= 0.3 is 5.00 Å². The molecule has 0 aliphatic carbocycles. The Kier molecular flexibility index (Phi) is 4.66. The number of thiophene rings is 1. The van der Waals surface area contributed by atoms with E-state index < -0.39 is 10.8 Å². The van der Waals surface area contributed by atoms with Crippen LogP contribution >= 0.6 is 11.3 Å². The van der Waals surface area contributed by atoms with Crippen molar-refractivity contribution >= 4 is 27.9 Å². The summed E-state index contributed by atoms with van der Waals surface area (Å²) in [6.45, 7) is 0.259. The third-order valence-electron chi connectivity index (χ3n) is 2.45. The number of amides is 1. The predicted molar refractivity (Wildman–Crippen MR) is 81.3 cm³/mol. The maximum absolute atomic E-state index is 12.0. The summed E-state index contributed by atoms with van der Waals surface area (Å²) in [4.78, 5) is 22.3. The number of carbonyl (C=O) groups excluding carboxylic acids is 1. The van der Waals surface area contributed by atoms with Crippen LogP contribution in [0.25, 0.3) is 0 Å². The van der Waals surface area contributed by atoms with Gasteiger partial charge in [-0.25, -0.2) is 0 Å². The van der Waals surface area contributed by atoms with E-state index in [1.54, 1.807) is 24.3 Å². The lowest BCUT2D eigenvalue weighted by molar-refractivity contribution is -0.380. The molecule has 1 aromatic heterocycles. The van der Waals surface area contributed by atoms with Crippen LogP contribution in [-0.4, -0.2) is 17.4 Å². The molecule has 0 aliphatic heterocycles. The monoisotopic (exact) mass is 301 g/mol. The minimum atomic E-state index is -0.523. The van der Waals surface area contributed by atoms with Crippen molar-refractivity contribution < 1.29 is 9.72 Å². The Morgan fingerprint density at radius 2 is 2.19 bits per heavy atom. The molecule has 7 heteroatoms. The zero-order valence-corrected chi connectivity index (χ0v) is 11.6. The molecule has 0 unspecified atom stereocenters. The average molecular weight is 301 g/mol. The first-order valence-electron chi connectivity index (χ1n) is 5.94. The van der Waals surface area contributed by atoms with Crippen LogP contribution in [0.3, 0.4) is 0 Å². The minimum absolute atomic E-state index is 0.0669. The van der Waals surface area contributed by atoms with Gasteiger partial charge in [-0.2, -0.15) is 0 Å². The van der Waals surface area contributed by atoms with Crippen LogP contribution in [0.15, 0.2) is 36.4 Å². The van der Waals surface area contributed by atoms with Gasteiger partial charge in [-0.15, -0.1) is 0 Å². The van der Waals surface area contributed by atoms with Crippen molar-refractivity contribution in [2.45, 2.75) is 0 Å². The molecule has 1 aromatic carbocycles. The highest BCUT2D eigenvalue weighted by Crippen LogP contribution is 2.24. The first-order valence-corrected chi connectivity index (χ1v) is 6.76. The van der Waals surface area contributed by atoms with Crippen LogP contribution in [-0.2, 0) is 0 Å². The van der Waals surface area contributed by atoms with Gasteiger partial charge < -0.3 is 11.1 Å². The third-order valence-corrected chi connectivity index (χ3v) is 3.49. The summed E-state index contributed by atoms with van der Waals surface area (Å²) < 4.78 is 0. The molecule has 1 amide bonds. The van der Waals surface area contributed by atoms with Gasteiger partial charge in [-0.05, 0) is 24.3 Å². The molecule has 0 fully saturated rings. The highest BCUT2D eigenvalue weighted by Gasteiger charge is 2.15. The topological polar surface area (TPSA) is 98.3 Å². The second-order valence-corrected chi connectivity index (χ2v) is 5.00. The van der Waals surface area contributed by atoms with Gasteiger partial charge in [0.2, 0.25) is 0 Å². The first-order chi connectivity index (χ1) is 10.1. The number of nitrogens with two attached hydrogens (primary N) is 1. The SMILES string of the molecule is NCC#Cc1cccc(NC(=O)c2ccc([N+](=O)[O-])s2)c1. The Bertz CT molecular complexity index is 743. The zero-order chi connectivity index (χ0) is 15.2. The maximum Gasteiger partial charge on any atom is 0.324 e. The molecular formula is C14H11N3O3S. The van der Waals surface area contributed by atoms with Crippen LogP contribution < -0.4 is 11.1 Å². The lowest BCUT2D eigenvalue weighted by Crippen LogP contribution is -2.10. The largest absolute Gasteiger partial charge is 0.324 e. The Morgan fingerprint density at radius 3 is 2.86 bits per heavy atom. The summed E-state index contributed by atoms with van der Waals surface area (Å²) in [5.74, 6) is 5.20. The normalized spacial score (nSPS) is 9.57. The van der Waals surface area contributed by atoms with Crippen molar-refractivity contribution in [2.75, 3.05) is 11.9 Å². The molecule has 1 heterocycles. The highest BCUT2D eigenvalue weighted by molar-refractivity contribution is 7.17. The molecule has 3 N–H and O–H groups in total. The number of benzene rings is 1. The Labute approximate surface area is 124 Å². The Morgan fingerprint density at radius 1 is 1.38 bits per heavy atom. The second kappa shape index (κ2) is 6.65. The van der Waals surface area contributed by atoms with E-state index in [0.29, 0.717) is 5.69 Å². The van der Waals surface area contributed by atoms with Gasteiger partial charge in [0.05, 0.1) is 16.3 Å². The minimum Gasteiger partial charge on any atom is -0.321 e. The van der Waals surface area contributed by atoms with Gasteiger partial charge in [0, 0.05) is 17.3 Å². The number of carbonyl (C=O) groups is 1. The summed E-state index contributed by atoms with van der Waals surface area (Å²) in [5, 5.41) is 13.2. The summed E-state index contributed by atoms with van der Waals surface area (Å²) in [7, 11) is 0. The van der Waals surface area contributed by atoms with E-state index in [2.05, 4.69) is 17.2 Å². The number of nitrogens with zero attached hydrogens (tertiary/aromatic N) is 1. The second-order valence-electron chi connectivity index (χ2n) is 3.94. The predicted octanol–water partition coefficient (Wildman–Crippen LogP) is 2.22. The standard InChI is InChI=1S/C14H11N3O3S/c15-8-2-4-10-3-1-5-11(9-10)16-14(18)12-6-7-13(21-12)17(19)20/h1,3,5-7,9H,8,15H2,(H,16,18). The summed E-state index contributed by atoms with van der Waals surface area (Å²) in [6, 6.07) is 9.72. The number of hydrogen-bond acceptors (Lipinski definition) is 5. The van der Waals surface area contributed by atoms with Crippen molar-refractivity contribution in [1.29, 1.82) is 0 Å². The summed E-state index contributed by atoms with van der Waals surface area (Å²) >= 11 is 0.831. The molecule has 6 nitrogen and oxygen atoms in total. The van der Waals surface area contributed by atoms with Crippen molar-refractivity contribution in [3.63, 3.8) is 0 Å². The fourth-order valence-corrected chi connectivity index (χ4v) is 2.28. The molecule has 0 atom stereocenters. The molecule has 106 valence electrons. The fraction of sp³-hybridized carbons (Fsp3) is 0.0714. The van der Waals surface area contributed by atoms with E-state index >= 15 is 0 Å². The van der Waals surface area contributed by atoms with Crippen LogP contribution in [0.1, 0.15) is 15.2 Å². The van der Waals surface area contributed by atoms with Gasteiger partial charge in [-0.1, -0.05) is 29.2 Å². The Balaban J connectivity index is 2.13. The lowest BCUT2D eigenvalue weighted by atomic mass is 10.2. The summed E-state index contributed by atoms with van der Waals surface area (Å²) in [6.07, 6.45) is 0. The van der Waals surface area contributed by atoms with Gasteiger partial charge in [-0.3, -0.25) is 14.9 Å². The van der Waals surface area contributed by atoms with Crippen molar-refractivity contribution in [1.82, 2.24) is 0 Å². The molecule has 2 rings (SSSR count). The molecule has 0 radical (unpaired) electrons. The van der Waals surface area contributed by atoms with Crippen molar-refractivity contribution in [3.8, 4) is 11.8 Å². The van der Waals surface area contributed by atoms with E-state index in [4.69, 9.17) is 5.73 Å². The Hall–Kier alpha value is -2.69. The smallest absolute Gasteiger partial charge is 0.321 e. The molecule has 0 spiro atoms. The third kappa shape index (κ3) is 3.89. The fourth-order valence-electron chi connectivity index (χ4n) is 1.57. The highest BCUT2D eigenvalue weighted by atomic mass is 32.1. The van der Waals surface area contributed by atoms with Crippen molar-refractivity contribution in [2.24, 2.45) is 5.73 Å². The maximum atomic E-state index is 12.0. The van der Waals surface area contributed by atoms with Crippen LogP contribution in [0.5, 0.6) is 0 Å². The number of nitrogens with one attached hydrogen (secondary N) is 1. The van der Waals surface area contributed by atoms with E-state index in [9.17, 15) is 14.9 Å². The molecule has 0 bridgehead atoms.